The highest BCUT2D eigenvalue weighted by Crippen LogP contribution is 2.33. The third kappa shape index (κ3) is 4.79. The zero-order valence-corrected chi connectivity index (χ0v) is 17.4. The van der Waals surface area contributed by atoms with Gasteiger partial charge >= 0.3 is 0 Å². The first-order valence-electron chi connectivity index (χ1n) is 9.33. The maximum Gasteiger partial charge on any atom is 0.258 e. The molecule has 6 nitrogen and oxygen atoms in total. The molecule has 2 N–H and O–H groups in total. The summed E-state index contributed by atoms with van der Waals surface area (Å²) in [5.74, 6) is 2.28. The predicted octanol–water partition coefficient (Wildman–Crippen LogP) is 4.01. The smallest absolute Gasteiger partial charge is 0.258 e. The minimum atomic E-state index is -0.900. The molecule has 0 saturated heterocycles. The van der Waals surface area contributed by atoms with Crippen LogP contribution in [0.1, 0.15) is 29.9 Å². The second-order valence-electron chi connectivity index (χ2n) is 7.36. The maximum atomic E-state index is 9.49. The maximum absolute atomic E-state index is 9.49. The number of benzene rings is 1. The zero-order valence-electron chi connectivity index (χ0n) is 16.6. The van der Waals surface area contributed by atoms with Crippen molar-refractivity contribution in [3.63, 3.8) is 0 Å². The molecule has 0 aliphatic carbocycles. The van der Waals surface area contributed by atoms with Crippen LogP contribution in [0.25, 0.3) is 22.2 Å². The molecule has 0 radical (unpaired) electrons. The van der Waals surface area contributed by atoms with Gasteiger partial charge in [-0.25, -0.2) is 0 Å². The van der Waals surface area contributed by atoms with Crippen LogP contribution >= 0.6 is 11.3 Å². The molecule has 2 aromatic heterocycles. The van der Waals surface area contributed by atoms with Crippen molar-refractivity contribution in [2.45, 2.75) is 40.2 Å². The summed E-state index contributed by atoms with van der Waals surface area (Å²) in [5.41, 5.74) is 2.62. The SMILES string of the molecule is Cc1cc(-c2nnc(-c3ccc(CC(C)C)s3)o2)cc(C)c1OC[C@H](O)CO. The number of aliphatic hydroxyl groups excluding tert-OH is 2. The van der Waals surface area contributed by atoms with Gasteiger partial charge in [0.2, 0.25) is 5.89 Å². The van der Waals surface area contributed by atoms with E-state index in [9.17, 15) is 5.11 Å². The highest BCUT2D eigenvalue weighted by atomic mass is 32.1. The number of rotatable bonds is 8. The van der Waals surface area contributed by atoms with E-state index in [1.165, 1.54) is 4.88 Å². The van der Waals surface area contributed by atoms with Crippen molar-refractivity contribution < 1.29 is 19.4 Å². The summed E-state index contributed by atoms with van der Waals surface area (Å²) in [5, 5.41) is 26.8. The van der Waals surface area contributed by atoms with Gasteiger partial charge in [0.15, 0.2) is 0 Å². The van der Waals surface area contributed by atoms with Crippen molar-refractivity contribution >= 4 is 11.3 Å². The Morgan fingerprint density at radius 3 is 2.43 bits per heavy atom. The average Bonchev–Trinajstić information content (AvgIpc) is 3.29. The van der Waals surface area contributed by atoms with Crippen molar-refractivity contribution in [3.8, 4) is 28.0 Å². The molecule has 0 bridgehead atoms. The van der Waals surface area contributed by atoms with Crippen LogP contribution in [0.5, 0.6) is 5.75 Å². The number of thiophene rings is 1. The van der Waals surface area contributed by atoms with E-state index in [0.29, 0.717) is 23.4 Å². The first-order valence-corrected chi connectivity index (χ1v) is 10.1. The fourth-order valence-corrected chi connectivity index (χ4v) is 4.12. The molecule has 3 aromatic rings. The van der Waals surface area contributed by atoms with Gasteiger partial charge in [-0.3, -0.25) is 0 Å². The third-order valence-electron chi connectivity index (χ3n) is 4.24. The Hall–Kier alpha value is -2.22. The van der Waals surface area contributed by atoms with Crippen LogP contribution in [0, 0.1) is 19.8 Å². The minimum Gasteiger partial charge on any atom is -0.490 e. The molecule has 28 heavy (non-hydrogen) atoms. The number of aromatic nitrogens is 2. The molecule has 0 amide bonds. The molecule has 0 fully saturated rings. The van der Waals surface area contributed by atoms with Gasteiger partial charge in [0.25, 0.3) is 5.89 Å². The van der Waals surface area contributed by atoms with E-state index in [0.717, 1.165) is 28.0 Å². The standard InChI is InChI=1S/C21H26N2O4S/c1-12(2)7-17-5-6-18(28-17)21-23-22-20(27-21)15-8-13(3)19(14(4)9-15)26-11-16(25)10-24/h5-6,8-9,12,16,24-25H,7,10-11H2,1-4H3/t16-/m1/s1. The van der Waals surface area contributed by atoms with Gasteiger partial charge in [-0.1, -0.05) is 13.8 Å². The second kappa shape index (κ2) is 8.86. The lowest BCUT2D eigenvalue weighted by Crippen LogP contribution is -2.21. The molecule has 2 heterocycles. The summed E-state index contributed by atoms with van der Waals surface area (Å²) in [7, 11) is 0. The Kier molecular flexibility index (Phi) is 6.49. The quantitative estimate of drug-likeness (QED) is 0.592. The van der Waals surface area contributed by atoms with Gasteiger partial charge < -0.3 is 19.4 Å². The lowest BCUT2D eigenvalue weighted by molar-refractivity contribution is 0.0532. The Labute approximate surface area is 168 Å². The molecule has 150 valence electrons. The Morgan fingerprint density at radius 2 is 1.79 bits per heavy atom. The molecular weight excluding hydrogens is 376 g/mol. The largest absolute Gasteiger partial charge is 0.490 e. The Morgan fingerprint density at radius 1 is 1.11 bits per heavy atom. The summed E-state index contributed by atoms with van der Waals surface area (Å²) in [4.78, 5) is 2.28. The van der Waals surface area contributed by atoms with Crippen molar-refractivity contribution in [2.75, 3.05) is 13.2 Å². The highest BCUT2D eigenvalue weighted by molar-refractivity contribution is 7.15. The monoisotopic (exact) mass is 402 g/mol. The van der Waals surface area contributed by atoms with Crippen LogP contribution in [0.3, 0.4) is 0 Å². The van der Waals surface area contributed by atoms with E-state index in [2.05, 4.69) is 30.1 Å². The van der Waals surface area contributed by atoms with Gasteiger partial charge in [-0.15, -0.1) is 21.5 Å². The minimum absolute atomic E-state index is 0.0410. The topological polar surface area (TPSA) is 88.6 Å². The number of hydrogen-bond donors (Lipinski definition) is 2. The van der Waals surface area contributed by atoms with Gasteiger partial charge in [0.05, 0.1) is 11.5 Å². The summed E-state index contributed by atoms with van der Waals surface area (Å²) in [6, 6.07) is 7.98. The van der Waals surface area contributed by atoms with Crippen molar-refractivity contribution in [2.24, 2.45) is 5.92 Å². The van der Waals surface area contributed by atoms with Crippen molar-refractivity contribution in [1.29, 1.82) is 0 Å². The van der Waals surface area contributed by atoms with Gasteiger partial charge in [0, 0.05) is 10.4 Å². The molecule has 1 aromatic carbocycles. The molecule has 3 rings (SSSR count). The first-order chi connectivity index (χ1) is 13.4. The van der Waals surface area contributed by atoms with E-state index in [1.54, 1.807) is 11.3 Å². The van der Waals surface area contributed by atoms with E-state index in [4.69, 9.17) is 14.3 Å². The van der Waals surface area contributed by atoms with Crippen LogP contribution in [0.15, 0.2) is 28.7 Å². The summed E-state index contributed by atoms with van der Waals surface area (Å²) < 4.78 is 11.6. The van der Waals surface area contributed by atoms with Gasteiger partial charge in [-0.2, -0.15) is 0 Å². The zero-order chi connectivity index (χ0) is 20.3. The average molecular weight is 403 g/mol. The molecular formula is C21H26N2O4S. The molecule has 0 spiro atoms. The van der Waals surface area contributed by atoms with Gasteiger partial charge in [-0.05, 0) is 61.6 Å². The number of ether oxygens (including phenoxy) is 1. The fourth-order valence-electron chi connectivity index (χ4n) is 2.98. The molecule has 0 unspecified atom stereocenters. The van der Waals surface area contributed by atoms with Crippen LogP contribution in [0.2, 0.25) is 0 Å². The van der Waals surface area contributed by atoms with Crippen molar-refractivity contribution in [3.05, 3.63) is 40.3 Å². The van der Waals surface area contributed by atoms with E-state index in [-0.39, 0.29) is 13.2 Å². The van der Waals surface area contributed by atoms with Gasteiger partial charge in [0.1, 0.15) is 18.5 Å². The molecule has 0 aliphatic heterocycles. The lowest BCUT2D eigenvalue weighted by atomic mass is 10.1. The van der Waals surface area contributed by atoms with Crippen LogP contribution in [0.4, 0.5) is 0 Å². The van der Waals surface area contributed by atoms with Crippen LogP contribution in [-0.4, -0.2) is 39.7 Å². The van der Waals surface area contributed by atoms with Crippen LogP contribution in [-0.2, 0) is 6.42 Å². The summed E-state index contributed by atoms with van der Waals surface area (Å²) in [6.07, 6.45) is 0.139. The number of aryl methyl sites for hydroxylation is 2. The second-order valence-corrected chi connectivity index (χ2v) is 8.53. The Balaban J connectivity index is 1.80. The fraction of sp³-hybridized carbons (Fsp3) is 0.429. The molecule has 7 heteroatoms. The molecule has 0 aliphatic rings. The normalized spacial score (nSPS) is 12.5. The molecule has 0 saturated carbocycles. The first kappa shape index (κ1) is 20.5. The third-order valence-corrected chi connectivity index (χ3v) is 5.34. The number of hydrogen-bond acceptors (Lipinski definition) is 7. The van der Waals surface area contributed by atoms with Crippen LogP contribution < -0.4 is 4.74 Å². The van der Waals surface area contributed by atoms with E-state index < -0.39 is 6.10 Å². The Bertz CT molecular complexity index is 909. The lowest BCUT2D eigenvalue weighted by Gasteiger charge is -2.15. The highest BCUT2D eigenvalue weighted by Gasteiger charge is 2.16. The number of nitrogens with zero attached hydrogens (tertiary/aromatic N) is 2. The summed E-state index contributed by atoms with van der Waals surface area (Å²) >= 11 is 1.68. The number of aliphatic hydroxyl groups is 2. The molecule has 1 atom stereocenters. The van der Waals surface area contributed by atoms with Crippen molar-refractivity contribution in [1.82, 2.24) is 10.2 Å². The van der Waals surface area contributed by atoms with E-state index >= 15 is 0 Å². The van der Waals surface area contributed by atoms with E-state index in [1.807, 2.05) is 32.0 Å². The predicted molar refractivity (Wildman–Crippen MR) is 110 cm³/mol. The summed E-state index contributed by atoms with van der Waals surface area (Å²) in [6.45, 7) is 7.96.